The molecule has 0 radical (unpaired) electrons. The Labute approximate surface area is 227 Å². The number of likely N-dealkylation sites (tertiary alicyclic amines) is 2. The molecule has 2 aliphatic heterocycles. The number of nitrogens with one attached hydrogen (secondary N) is 1. The van der Waals surface area contributed by atoms with Crippen molar-refractivity contribution in [3.8, 4) is 0 Å². The van der Waals surface area contributed by atoms with Crippen LogP contribution in [0.25, 0.3) is 0 Å². The van der Waals surface area contributed by atoms with Gasteiger partial charge < -0.3 is 29.7 Å². The van der Waals surface area contributed by atoms with Gasteiger partial charge in [0.05, 0.1) is 0 Å². The summed E-state index contributed by atoms with van der Waals surface area (Å²) in [6, 6.07) is 0. The fourth-order valence-electron chi connectivity index (χ4n) is 5.05. The smallest absolute Gasteiger partial charge is 0.410 e. The van der Waals surface area contributed by atoms with Crippen LogP contribution >= 0.6 is 0 Å². The van der Waals surface area contributed by atoms with Crippen LogP contribution in [0.5, 0.6) is 0 Å². The number of piperidine rings is 2. The lowest BCUT2D eigenvalue weighted by Gasteiger charge is -2.34. The summed E-state index contributed by atoms with van der Waals surface area (Å²) >= 11 is 0. The van der Waals surface area contributed by atoms with E-state index in [4.69, 9.17) is 14.6 Å². The number of hydrogen-bond acceptors (Lipinski definition) is 6. The highest BCUT2D eigenvalue weighted by Gasteiger charge is 2.30. The number of carbonyl (C=O) groups is 4. The van der Waals surface area contributed by atoms with Crippen LogP contribution in [0.3, 0.4) is 0 Å². The number of amides is 3. The van der Waals surface area contributed by atoms with Gasteiger partial charge in [-0.2, -0.15) is 0 Å². The maximum atomic E-state index is 12.8. The highest BCUT2D eigenvalue weighted by molar-refractivity contribution is 5.82. The summed E-state index contributed by atoms with van der Waals surface area (Å²) in [4.78, 5) is 52.0. The predicted molar refractivity (Wildman–Crippen MR) is 144 cm³/mol. The van der Waals surface area contributed by atoms with E-state index in [0.29, 0.717) is 50.9 Å². The van der Waals surface area contributed by atoms with Crippen LogP contribution in [-0.2, 0) is 19.1 Å². The molecule has 2 rings (SSSR count). The lowest BCUT2D eigenvalue weighted by Crippen LogP contribution is -2.42. The summed E-state index contributed by atoms with van der Waals surface area (Å²) in [5, 5.41) is 11.6. The molecule has 0 unspecified atom stereocenters. The van der Waals surface area contributed by atoms with Crippen molar-refractivity contribution in [3.63, 3.8) is 0 Å². The van der Waals surface area contributed by atoms with Gasteiger partial charge in [-0.1, -0.05) is 0 Å². The van der Waals surface area contributed by atoms with Crippen molar-refractivity contribution >= 4 is 24.1 Å². The van der Waals surface area contributed by atoms with Gasteiger partial charge in [-0.3, -0.25) is 9.59 Å². The predicted octanol–water partition coefficient (Wildman–Crippen LogP) is 4.66. The Kier molecular flexibility index (Phi) is 11.7. The van der Waals surface area contributed by atoms with Crippen molar-refractivity contribution in [1.29, 1.82) is 0 Å². The Morgan fingerprint density at radius 1 is 0.763 bits per heavy atom. The van der Waals surface area contributed by atoms with E-state index in [9.17, 15) is 19.2 Å². The molecule has 0 aliphatic carbocycles. The molecular weight excluding hydrogens is 490 g/mol. The first-order valence-electron chi connectivity index (χ1n) is 14.1. The number of nitrogens with zero attached hydrogens (tertiary/aromatic N) is 2. The lowest BCUT2D eigenvalue weighted by molar-refractivity contribution is -0.138. The number of hydrogen-bond donors (Lipinski definition) is 2. The van der Waals surface area contributed by atoms with Crippen LogP contribution in [0.4, 0.5) is 9.59 Å². The second-order valence-corrected chi connectivity index (χ2v) is 12.8. The van der Waals surface area contributed by atoms with Crippen LogP contribution in [0, 0.1) is 17.8 Å². The van der Waals surface area contributed by atoms with Crippen LogP contribution in [0.15, 0.2) is 0 Å². The molecule has 10 nitrogen and oxygen atoms in total. The molecule has 2 fully saturated rings. The monoisotopic (exact) mass is 539 g/mol. The summed E-state index contributed by atoms with van der Waals surface area (Å²) in [5.41, 5.74) is -1.03. The molecule has 38 heavy (non-hydrogen) atoms. The van der Waals surface area contributed by atoms with E-state index >= 15 is 0 Å². The minimum absolute atomic E-state index is 0.204. The summed E-state index contributed by atoms with van der Waals surface area (Å²) in [7, 11) is 0. The number of carbonyl (C=O) groups excluding carboxylic acids is 3. The minimum atomic E-state index is -1.05. The second kappa shape index (κ2) is 14.0. The number of aliphatic carboxylic acids is 1. The van der Waals surface area contributed by atoms with E-state index in [0.717, 1.165) is 38.5 Å². The molecule has 2 heterocycles. The van der Waals surface area contributed by atoms with Crippen molar-refractivity contribution < 1.29 is 33.8 Å². The van der Waals surface area contributed by atoms with Gasteiger partial charge in [-0.05, 0) is 105 Å². The Balaban J connectivity index is 1.82. The first kappa shape index (κ1) is 31.7. The van der Waals surface area contributed by atoms with Gasteiger partial charge in [0.25, 0.3) is 0 Å². The van der Waals surface area contributed by atoms with Gasteiger partial charge in [-0.15, -0.1) is 0 Å². The maximum Gasteiger partial charge on any atom is 0.410 e. The molecular formula is C28H49N3O7. The highest BCUT2D eigenvalue weighted by atomic mass is 16.6. The van der Waals surface area contributed by atoms with E-state index in [1.54, 1.807) is 9.80 Å². The number of carboxylic acids is 1. The quantitative estimate of drug-likeness (QED) is 0.436. The molecule has 0 spiro atoms. The molecule has 0 saturated carbocycles. The number of ether oxygens (including phenoxy) is 2. The topological polar surface area (TPSA) is 125 Å². The molecule has 0 bridgehead atoms. The van der Waals surface area contributed by atoms with Gasteiger partial charge in [0, 0.05) is 32.1 Å². The highest BCUT2D eigenvalue weighted by Crippen LogP contribution is 2.30. The molecule has 2 N–H and O–H groups in total. The van der Waals surface area contributed by atoms with Gasteiger partial charge in [0.15, 0.2) is 0 Å². The fourth-order valence-corrected chi connectivity index (χ4v) is 5.05. The average Bonchev–Trinajstić information content (AvgIpc) is 2.81. The van der Waals surface area contributed by atoms with Gasteiger partial charge in [0.2, 0.25) is 5.91 Å². The van der Waals surface area contributed by atoms with Crippen molar-refractivity contribution in [3.05, 3.63) is 0 Å². The van der Waals surface area contributed by atoms with Crippen LogP contribution < -0.4 is 5.32 Å². The largest absolute Gasteiger partial charge is 0.480 e. The Bertz CT molecular complexity index is 750. The number of carboxylic acid groups (broad SMARTS) is 1. The zero-order chi connectivity index (χ0) is 28.5. The van der Waals surface area contributed by atoms with E-state index in [1.165, 1.54) is 0 Å². The zero-order valence-electron chi connectivity index (χ0n) is 24.2. The molecule has 0 atom stereocenters. The third-order valence-electron chi connectivity index (χ3n) is 7.16. The van der Waals surface area contributed by atoms with Crippen molar-refractivity contribution in [1.82, 2.24) is 15.1 Å². The van der Waals surface area contributed by atoms with E-state index in [-0.39, 0.29) is 30.6 Å². The van der Waals surface area contributed by atoms with E-state index < -0.39 is 17.2 Å². The summed E-state index contributed by atoms with van der Waals surface area (Å²) in [5.74, 6) is -0.672. The molecule has 2 aliphatic rings. The molecule has 10 heteroatoms. The average molecular weight is 540 g/mol. The summed E-state index contributed by atoms with van der Waals surface area (Å²) in [6.07, 6.45) is 6.03. The van der Waals surface area contributed by atoms with E-state index in [1.807, 2.05) is 41.5 Å². The lowest BCUT2D eigenvalue weighted by atomic mass is 9.84. The third-order valence-corrected chi connectivity index (χ3v) is 7.16. The van der Waals surface area contributed by atoms with Crippen molar-refractivity contribution in [2.75, 3.05) is 32.7 Å². The van der Waals surface area contributed by atoms with Gasteiger partial charge >= 0.3 is 18.2 Å². The molecule has 0 aromatic rings. The second-order valence-electron chi connectivity index (χ2n) is 12.8. The Morgan fingerprint density at radius 2 is 1.13 bits per heavy atom. The molecule has 0 aromatic carbocycles. The third kappa shape index (κ3) is 11.9. The van der Waals surface area contributed by atoms with Crippen molar-refractivity contribution in [2.24, 2.45) is 17.8 Å². The minimum Gasteiger partial charge on any atom is -0.480 e. The summed E-state index contributed by atoms with van der Waals surface area (Å²) in [6.45, 7) is 13.4. The zero-order valence-corrected chi connectivity index (χ0v) is 24.2. The van der Waals surface area contributed by atoms with Crippen LogP contribution in [-0.4, -0.2) is 82.9 Å². The fraction of sp³-hybridized carbons (Fsp3) is 0.857. The molecule has 0 aromatic heterocycles. The molecule has 2 saturated heterocycles. The van der Waals surface area contributed by atoms with Crippen molar-refractivity contribution in [2.45, 2.75) is 104 Å². The first-order chi connectivity index (χ1) is 17.6. The Hall–Kier alpha value is -2.52. The standard InChI is InChI=1S/C28H49N3O7/c1-27(2,3)37-25(35)30-15-11-20(12-16-30)7-9-22(24(34)29-19-23(32)33)10-8-21-13-17-31(18-14-21)26(36)38-28(4,5)6/h20-22H,7-19H2,1-6H3,(H,29,34)(H,32,33). The number of rotatable bonds is 9. The summed E-state index contributed by atoms with van der Waals surface area (Å²) < 4.78 is 11.0. The maximum absolute atomic E-state index is 12.8. The van der Waals surface area contributed by atoms with Crippen LogP contribution in [0.1, 0.15) is 92.9 Å². The van der Waals surface area contributed by atoms with Gasteiger partial charge in [0.1, 0.15) is 17.7 Å². The van der Waals surface area contributed by atoms with E-state index in [2.05, 4.69) is 5.32 Å². The first-order valence-corrected chi connectivity index (χ1v) is 14.1. The Morgan fingerprint density at radius 3 is 1.45 bits per heavy atom. The van der Waals surface area contributed by atoms with Gasteiger partial charge in [-0.25, -0.2) is 9.59 Å². The molecule has 3 amide bonds. The molecule has 218 valence electrons. The SMILES string of the molecule is CC(C)(C)OC(=O)N1CCC(CCC(CCC2CCN(C(=O)OC(C)(C)C)CC2)C(=O)NCC(=O)O)CC1. The van der Waals surface area contributed by atoms with Crippen LogP contribution in [0.2, 0.25) is 0 Å². The normalized spacial score (nSPS) is 17.9.